The third kappa shape index (κ3) is 4.90. The van der Waals surface area contributed by atoms with E-state index in [-0.39, 0.29) is 16.3 Å². The number of nitro groups is 2. The van der Waals surface area contributed by atoms with E-state index >= 15 is 0 Å². The van der Waals surface area contributed by atoms with E-state index in [4.69, 9.17) is 0 Å². The number of nitrogens with zero attached hydrogens (tertiary/aromatic N) is 2. The molecular formula is C31H23N2O5S2+. The number of nitro benzene ring substituents is 1. The van der Waals surface area contributed by atoms with E-state index in [1.165, 1.54) is 12.1 Å². The lowest BCUT2D eigenvalue weighted by Gasteiger charge is -2.13. The number of aliphatic hydroxyl groups excluding tert-OH is 1. The fraction of sp³-hybridized carbons (Fsp3) is 0.0968. The predicted molar refractivity (Wildman–Crippen MR) is 159 cm³/mol. The number of thiophene rings is 1. The van der Waals surface area contributed by atoms with Crippen molar-refractivity contribution in [1.29, 1.82) is 0 Å². The number of aliphatic hydroxyl groups is 1. The van der Waals surface area contributed by atoms with Crippen LogP contribution in [0.1, 0.15) is 30.1 Å². The Morgan fingerprint density at radius 2 is 1.40 bits per heavy atom. The third-order valence-corrected chi connectivity index (χ3v) is 10.5. The van der Waals surface area contributed by atoms with Gasteiger partial charge in [-0.05, 0) is 41.5 Å². The number of non-ortho nitro benzene ring substituents is 1. The molecule has 5 aromatic rings. The summed E-state index contributed by atoms with van der Waals surface area (Å²) in [5.41, 5.74) is 1.84. The zero-order chi connectivity index (χ0) is 27.8. The first-order valence-corrected chi connectivity index (χ1v) is 14.7. The summed E-state index contributed by atoms with van der Waals surface area (Å²) >= 11 is 1.69. The van der Waals surface area contributed by atoms with Crippen molar-refractivity contribution >= 4 is 48.1 Å². The van der Waals surface area contributed by atoms with Gasteiger partial charge in [-0.3, -0.25) is 20.2 Å². The van der Waals surface area contributed by atoms with Gasteiger partial charge in [0.25, 0.3) is 5.69 Å². The van der Waals surface area contributed by atoms with Crippen LogP contribution in [0, 0.1) is 20.2 Å². The van der Waals surface area contributed by atoms with Gasteiger partial charge in [-0.25, -0.2) is 0 Å². The Balaban J connectivity index is 1.47. The molecule has 0 radical (unpaired) electrons. The highest BCUT2D eigenvalue weighted by Crippen LogP contribution is 2.41. The summed E-state index contributed by atoms with van der Waals surface area (Å²) in [4.78, 5) is 24.8. The summed E-state index contributed by atoms with van der Waals surface area (Å²) in [6, 6.07) is 28.5. The van der Waals surface area contributed by atoms with E-state index < -0.39 is 21.9 Å². The fourth-order valence-electron chi connectivity index (χ4n) is 4.97. The molecule has 1 aliphatic rings. The molecule has 198 valence electrons. The first kappa shape index (κ1) is 25.9. The summed E-state index contributed by atoms with van der Waals surface area (Å²) in [7, 11) is -0.588. The average molecular weight is 568 g/mol. The van der Waals surface area contributed by atoms with E-state index in [1.54, 1.807) is 29.5 Å². The molecule has 1 N–H and O–H groups in total. The summed E-state index contributed by atoms with van der Waals surface area (Å²) in [6.07, 6.45) is 3.52. The standard InChI is InChI=1S/C31H23N2O5S2/c34-31(20-4-2-1-3-5-20)21-6-16-29-27(18-21)28-19-26(15-17-30(28)39-29)40(24-11-7-22(8-12-24)32(35)36)25-13-9-23(10-14-25)33(37)38/h1-9,11-13,15-19,31,34H,10,14H2/q+1. The molecule has 0 fully saturated rings. The van der Waals surface area contributed by atoms with Gasteiger partial charge in [0.1, 0.15) is 11.0 Å². The van der Waals surface area contributed by atoms with E-state index in [9.17, 15) is 25.3 Å². The molecule has 0 aliphatic heterocycles. The molecule has 0 bridgehead atoms. The molecule has 1 heterocycles. The second-order valence-electron chi connectivity index (χ2n) is 9.43. The Labute approximate surface area is 236 Å². The molecule has 1 aliphatic carbocycles. The van der Waals surface area contributed by atoms with Gasteiger partial charge in [0.2, 0.25) is 5.70 Å². The highest BCUT2D eigenvalue weighted by atomic mass is 32.2. The van der Waals surface area contributed by atoms with Crippen LogP contribution in [0.2, 0.25) is 0 Å². The van der Waals surface area contributed by atoms with Crippen molar-refractivity contribution in [1.82, 2.24) is 0 Å². The molecule has 7 nitrogen and oxygen atoms in total. The Morgan fingerprint density at radius 1 is 0.725 bits per heavy atom. The van der Waals surface area contributed by atoms with Crippen molar-refractivity contribution in [3.8, 4) is 0 Å². The summed E-state index contributed by atoms with van der Waals surface area (Å²) in [5, 5.41) is 35.7. The topological polar surface area (TPSA) is 107 Å². The lowest BCUT2D eigenvalue weighted by atomic mass is 10.00. The highest BCUT2D eigenvalue weighted by molar-refractivity contribution is 8.00. The molecule has 40 heavy (non-hydrogen) atoms. The lowest BCUT2D eigenvalue weighted by Crippen LogP contribution is -2.11. The molecule has 2 unspecified atom stereocenters. The molecule has 9 heteroatoms. The SMILES string of the molecule is O=[N+]([O-])C1=CC=C([S+](c2ccc([N+](=O)[O-])cc2)c2ccc3sc4ccc(C(O)c5ccccc5)cc4c3c2)CC1. The van der Waals surface area contributed by atoms with Crippen LogP contribution in [-0.2, 0) is 10.9 Å². The average Bonchev–Trinajstić information content (AvgIpc) is 3.35. The predicted octanol–water partition coefficient (Wildman–Crippen LogP) is 7.92. The maximum Gasteiger partial charge on any atom is 0.269 e. The Bertz CT molecular complexity index is 1830. The van der Waals surface area contributed by atoms with Crippen LogP contribution < -0.4 is 0 Å². The molecule has 0 spiro atoms. The largest absolute Gasteiger partial charge is 0.384 e. The molecule has 1 aromatic heterocycles. The second-order valence-corrected chi connectivity index (χ2v) is 12.6. The van der Waals surface area contributed by atoms with Gasteiger partial charge in [-0.15, -0.1) is 11.3 Å². The lowest BCUT2D eigenvalue weighted by molar-refractivity contribution is -0.428. The van der Waals surface area contributed by atoms with Crippen molar-refractivity contribution in [2.45, 2.75) is 28.7 Å². The van der Waals surface area contributed by atoms with Crippen LogP contribution in [0.15, 0.2) is 124 Å². The van der Waals surface area contributed by atoms with Gasteiger partial charge < -0.3 is 5.11 Å². The van der Waals surface area contributed by atoms with Crippen molar-refractivity contribution in [3.63, 3.8) is 0 Å². The van der Waals surface area contributed by atoms with Crippen molar-refractivity contribution in [3.05, 3.63) is 145 Å². The van der Waals surface area contributed by atoms with E-state index in [1.807, 2.05) is 54.6 Å². The maximum absolute atomic E-state index is 11.3. The molecular weight excluding hydrogens is 544 g/mol. The van der Waals surface area contributed by atoms with Crippen LogP contribution in [-0.4, -0.2) is 15.0 Å². The first-order valence-electron chi connectivity index (χ1n) is 12.6. The normalized spacial score (nSPS) is 14.9. The minimum atomic E-state index is -0.742. The van der Waals surface area contributed by atoms with E-state index in [2.05, 4.69) is 18.2 Å². The Morgan fingerprint density at radius 3 is 2.05 bits per heavy atom. The molecule has 0 saturated heterocycles. The maximum atomic E-state index is 11.3. The summed E-state index contributed by atoms with van der Waals surface area (Å²) in [5.74, 6) is 0. The quantitative estimate of drug-likeness (QED) is 0.122. The third-order valence-electron chi connectivity index (χ3n) is 7.00. The van der Waals surface area contributed by atoms with E-state index in [0.29, 0.717) is 12.8 Å². The van der Waals surface area contributed by atoms with Gasteiger partial charge in [0.05, 0.1) is 20.7 Å². The minimum Gasteiger partial charge on any atom is -0.384 e. The Kier molecular flexibility index (Phi) is 6.93. The fourth-order valence-corrected chi connectivity index (χ4v) is 8.27. The van der Waals surface area contributed by atoms with Gasteiger partial charge in [0.15, 0.2) is 9.79 Å². The molecule has 4 aromatic carbocycles. The van der Waals surface area contributed by atoms with Gasteiger partial charge in [0, 0.05) is 69.4 Å². The molecule has 2 atom stereocenters. The molecule has 0 amide bonds. The number of benzene rings is 4. The highest BCUT2D eigenvalue weighted by Gasteiger charge is 2.34. The molecule has 0 saturated carbocycles. The summed E-state index contributed by atoms with van der Waals surface area (Å²) < 4.78 is 2.23. The van der Waals surface area contributed by atoms with Crippen molar-refractivity contribution < 1.29 is 15.0 Å². The van der Waals surface area contributed by atoms with Crippen LogP contribution in [0.3, 0.4) is 0 Å². The van der Waals surface area contributed by atoms with E-state index in [0.717, 1.165) is 46.0 Å². The van der Waals surface area contributed by atoms with Gasteiger partial charge >= 0.3 is 0 Å². The van der Waals surface area contributed by atoms with Crippen LogP contribution in [0.25, 0.3) is 20.2 Å². The monoisotopic (exact) mass is 567 g/mol. The summed E-state index contributed by atoms with van der Waals surface area (Å²) in [6.45, 7) is 0. The van der Waals surface area contributed by atoms with Crippen LogP contribution in [0.5, 0.6) is 0 Å². The minimum absolute atomic E-state index is 0.0178. The number of hydrogen-bond acceptors (Lipinski definition) is 6. The number of allylic oxidation sites excluding steroid dienone is 4. The second kappa shape index (κ2) is 10.7. The van der Waals surface area contributed by atoms with Crippen LogP contribution >= 0.6 is 11.3 Å². The Hall–Kier alpha value is -4.31. The van der Waals surface area contributed by atoms with Crippen LogP contribution in [0.4, 0.5) is 5.69 Å². The smallest absolute Gasteiger partial charge is 0.269 e. The number of fused-ring (bicyclic) bond motifs is 3. The van der Waals surface area contributed by atoms with Crippen molar-refractivity contribution in [2.75, 3.05) is 0 Å². The zero-order valence-electron chi connectivity index (χ0n) is 21.1. The molecule has 6 rings (SSSR count). The number of hydrogen-bond donors (Lipinski definition) is 1. The van der Waals surface area contributed by atoms with Gasteiger partial charge in [-0.2, -0.15) is 0 Å². The van der Waals surface area contributed by atoms with Gasteiger partial charge in [-0.1, -0.05) is 36.4 Å². The zero-order valence-corrected chi connectivity index (χ0v) is 22.7. The first-order chi connectivity index (χ1) is 19.4. The van der Waals surface area contributed by atoms with Crippen molar-refractivity contribution in [2.24, 2.45) is 0 Å². The number of rotatable bonds is 7.